The molecule has 0 N–H and O–H groups in total. The van der Waals surface area contributed by atoms with Crippen molar-refractivity contribution in [1.82, 2.24) is 0 Å². The van der Waals surface area contributed by atoms with Gasteiger partial charge in [0.05, 0.1) is 103 Å². The fourth-order valence-corrected chi connectivity index (χ4v) is 4.80. The molecule has 0 rings (SSSR count). The van der Waals surface area contributed by atoms with Crippen molar-refractivity contribution in [2.45, 2.75) is 39.1 Å². The first-order valence-corrected chi connectivity index (χ1v) is 19.5. The summed E-state index contributed by atoms with van der Waals surface area (Å²) < 4.78 is 73.3. The van der Waals surface area contributed by atoms with Gasteiger partial charge in [-0.2, -0.15) is 0 Å². The van der Waals surface area contributed by atoms with E-state index in [1.54, 1.807) is 20.8 Å². The van der Waals surface area contributed by atoms with E-state index >= 15 is 0 Å². The summed E-state index contributed by atoms with van der Waals surface area (Å²) >= 11 is 0. The topological polar surface area (TPSA) is 222 Å². The molecule has 19 heteroatoms. The molecule has 0 spiro atoms. The summed E-state index contributed by atoms with van der Waals surface area (Å²) in [6.45, 7) is 23.8. The minimum atomic E-state index is -1.14. The first-order valence-electron chi connectivity index (χ1n) is 19.5. The van der Waals surface area contributed by atoms with Crippen molar-refractivity contribution in [2.75, 3.05) is 112 Å². The molecule has 0 fully saturated rings. The average molecular weight is 885 g/mol. The van der Waals surface area contributed by atoms with E-state index in [0.29, 0.717) is 0 Å². The normalized spacial score (nSPS) is 13.4. The number of ether oxygens (including phenoxy) is 13. The van der Waals surface area contributed by atoms with Crippen LogP contribution in [0.3, 0.4) is 0 Å². The Morgan fingerprint density at radius 3 is 0.823 bits per heavy atom. The van der Waals surface area contributed by atoms with E-state index in [9.17, 15) is 28.8 Å². The molecular formula is C43H64O19. The molecule has 0 aromatic rings. The predicted octanol–water partition coefficient (Wildman–Crippen LogP) is 2.62. The molecule has 3 atom stereocenters. The number of hydrogen-bond acceptors (Lipinski definition) is 19. The molecule has 0 aromatic heterocycles. The monoisotopic (exact) mass is 884 g/mol. The van der Waals surface area contributed by atoms with Crippen LogP contribution in [0.5, 0.6) is 0 Å². The van der Waals surface area contributed by atoms with Gasteiger partial charge in [0, 0.05) is 36.5 Å². The predicted molar refractivity (Wildman–Crippen MR) is 221 cm³/mol. The van der Waals surface area contributed by atoms with Gasteiger partial charge in [-0.05, 0) is 20.8 Å². The van der Waals surface area contributed by atoms with Gasteiger partial charge in [0.25, 0.3) is 0 Å². The number of carbonyl (C=O) groups excluding carboxylic acids is 6. The van der Waals surface area contributed by atoms with Crippen molar-refractivity contribution in [3.63, 3.8) is 0 Å². The Morgan fingerprint density at radius 1 is 0.355 bits per heavy atom. The second-order valence-electron chi connectivity index (χ2n) is 13.7. The number of rotatable bonds is 40. The van der Waals surface area contributed by atoms with Crippen LogP contribution in [-0.2, 0) is 90.3 Å². The van der Waals surface area contributed by atoms with Crippen LogP contribution >= 0.6 is 0 Å². The third-order valence-electron chi connectivity index (χ3n) is 7.69. The largest absolute Gasteiger partial charge is 0.460 e. The van der Waals surface area contributed by atoms with Gasteiger partial charge in [-0.25, -0.2) is 28.8 Å². The van der Waals surface area contributed by atoms with Gasteiger partial charge in [-0.1, -0.05) is 39.5 Å². The van der Waals surface area contributed by atoms with E-state index < -0.39 is 65.0 Å². The minimum Gasteiger partial charge on any atom is -0.460 e. The maximum Gasteiger partial charge on any atom is 0.330 e. The highest BCUT2D eigenvalue weighted by atomic mass is 16.6. The number of carbonyl (C=O) groups is 6. The maximum atomic E-state index is 11.8. The molecule has 0 amide bonds. The van der Waals surface area contributed by atoms with Crippen LogP contribution in [0.15, 0.2) is 75.9 Å². The molecule has 0 aliphatic carbocycles. The lowest BCUT2D eigenvalue weighted by molar-refractivity contribution is -0.163. The molecule has 3 unspecified atom stereocenters. The van der Waals surface area contributed by atoms with E-state index in [4.69, 9.17) is 61.6 Å². The van der Waals surface area contributed by atoms with Gasteiger partial charge < -0.3 is 61.6 Å². The van der Waals surface area contributed by atoms with Crippen LogP contribution < -0.4 is 0 Å². The third-order valence-corrected chi connectivity index (χ3v) is 7.69. The fourth-order valence-electron chi connectivity index (χ4n) is 4.80. The summed E-state index contributed by atoms with van der Waals surface area (Å²) in [5, 5.41) is 0. The number of hydrogen-bond donors (Lipinski definition) is 0. The van der Waals surface area contributed by atoms with Crippen molar-refractivity contribution >= 4 is 35.8 Å². The Labute approximate surface area is 363 Å². The lowest BCUT2D eigenvalue weighted by Gasteiger charge is -2.37. The summed E-state index contributed by atoms with van der Waals surface area (Å²) in [6, 6.07) is 0. The molecule has 0 heterocycles. The van der Waals surface area contributed by atoms with E-state index in [2.05, 4.69) is 39.5 Å². The lowest BCUT2D eigenvalue weighted by Crippen LogP contribution is -2.47. The zero-order valence-electron chi connectivity index (χ0n) is 36.2. The smallest absolute Gasteiger partial charge is 0.330 e. The quantitative estimate of drug-likeness (QED) is 0.0373. The van der Waals surface area contributed by atoms with E-state index in [-0.39, 0.29) is 112 Å². The van der Waals surface area contributed by atoms with Gasteiger partial charge in [0.1, 0.15) is 38.1 Å². The summed E-state index contributed by atoms with van der Waals surface area (Å²) in [4.78, 5) is 70.4. The summed E-state index contributed by atoms with van der Waals surface area (Å²) in [5.74, 6) is -3.86. The minimum absolute atomic E-state index is 0.0352. The molecular weight excluding hydrogens is 820 g/mol. The summed E-state index contributed by atoms with van der Waals surface area (Å²) in [5.41, 5.74) is -2.26. The molecule has 19 nitrogen and oxygen atoms in total. The first kappa shape index (κ1) is 57.0. The Balaban J connectivity index is 6.72. The standard InChI is InChI=1S/C43H64O19/c1-10-36(44)57-19-16-50-25-42(26-51-17-20-58-37(45)11-2,27-52-18-21-59-38(46)12-3)31-56-32-43(28-53-22-33(7)60-39(47)13-4,29-54-23-34(8)61-40(48)14-5)30-55-24-35(9)62-41(49)15-6/h10-15,33-35H,1-6,16-32H2,7-9H3. The second-order valence-corrected chi connectivity index (χ2v) is 13.7. The van der Waals surface area contributed by atoms with Crippen molar-refractivity contribution in [2.24, 2.45) is 10.8 Å². The van der Waals surface area contributed by atoms with Crippen LogP contribution in [0.2, 0.25) is 0 Å². The molecule has 0 radical (unpaired) electrons. The second kappa shape index (κ2) is 34.6. The molecule has 0 saturated heterocycles. The summed E-state index contributed by atoms with van der Waals surface area (Å²) in [6.07, 6.45) is 4.07. The van der Waals surface area contributed by atoms with Crippen LogP contribution in [0.1, 0.15) is 20.8 Å². The zero-order valence-corrected chi connectivity index (χ0v) is 36.2. The highest BCUT2D eigenvalue weighted by Gasteiger charge is 2.37. The molecule has 0 bridgehead atoms. The van der Waals surface area contributed by atoms with Crippen LogP contribution in [-0.4, -0.2) is 166 Å². The third kappa shape index (κ3) is 28.5. The van der Waals surface area contributed by atoms with E-state index in [1.807, 2.05) is 0 Å². The molecule has 0 saturated carbocycles. The van der Waals surface area contributed by atoms with Crippen molar-refractivity contribution in [3.05, 3.63) is 75.9 Å². The van der Waals surface area contributed by atoms with E-state index in [1.165, 1.54) is 0 Å². The van der Waals surface area contributed by atoms with Gasteiger partial charge in [-0.15, -0.1) is 0 Å². The number of esters is 6. The van der Waals surface area contributed by atoms with Crippen LogP contribution in [0, 0.1) is 10.8 Å². The highest BCUT2D eigenvalue weighted by Crippen LogP contribution is 2.26. The molecule has 0 aliphatic rings. The average Bonchev–Trinajstić information content (AvgIpc) is 3.25. The Bertz CT molecular complexity index is 1270. The van der Waals surface area contributed by atoms with Gasteiger partial charge in [0.15, 0.2) is 0 Å². The summed E-state index contributed by atoms with van der Waals surface area (Å²) in [7, 11) is 0. The Hall–Kier alpha value is -5.02. The highest BCUT2D eigenvalue weighted by molar-refractivity contribution is 5.82. The molecule has 350 valence electrons. The first-order chi connectivity index (χ1) is 29.6. The van der Waals surface area contributed by atoms with E-state index in [0.717, 1.165) is 36.5 Å². The zero-order chi connectivity index (χ0) is 46.7. The van der Waals surface area contributed by atoms with Gasteiger partial charge in [-0.3, -0.25) is 0 Å². The van der Waals surface area contributed by atoms with Gasteiger partial charge in [0.2, 0.25) is 0 Å². The van der Waals surface area contributed by atoms with Crippen molar-refractivity contribution in [1.29, 1.82) is 0 Å². The lowest BCUT2D eigenvalue weighted by atomic mass is 9.90. The Kier molecular flexibility index (Phi) is 31.8. The Morgan fingerprint density at radius 2 is 0.581 bits per heavy atom. The van der Waals surface area contributed by atoms with Gasteiger partial charge >= 0.3 is 35.8 Å². The van der Waals surface area contributed by atoms with Crippen LogP contribution in [0.25, 0.3) is 0 Å². The maximum absolute atomic E-state index is 11.8. The van der Waals surface area contributed by atoms with Crippen molar-refractivity contribution in [3.8, 4) is 0 Å². The van der Waals surface area contributed by atoms with Crippen molar-refractivity contribution < 1.29 is 90.3 Å². The van der Waals surface area contributed by atoms with Crippen LogP contribution in [0.4, 0.5) is 0 Å². The molecule has 0 aromatic carbocycles. The molecule has 0 aliphatic heterocycles. The molecule has 62 heavy (non-hydrogen) atoms. The fraction of sp³-hybridized carbons (Fsp3) is 0.581. The SMILES string of the molecule is C=CC(=O)OCCOCC(COCCOC(=O)C=C)(COCCOC(=O)C=C)COCC(COCC(C)OC(=O)C=C)(COCC(C)OC(=O)C=C)COCC(C)OC(=O)C=C.